The Morgan fingerprint density at radius 3 is 1.68 bits per heavy atom. The average Bonchev–Trinajstić information content (AvgIpc) is 3.20. The van der Waals surface area contributed by atoms with Crippen LogP contribution in [0.4, 0.5) is 5.13 Å². The van der Waals surface area contributed by atoms with Gasteiger partial charge in [-0.25, -0.2) is 14.6 Å². The van der Waals surface area contributed by atoms with Gasteiger partial charge in [0, 0.05) is 0 Å². The van der Waals surface area contributed by atoms with Crippen molar-refractivity contribution in [1.82, 2.24) is 4.98 Å². The van der Waals surface area contributed by atoms with Gasteiger partial charge in [0.15, 0.2) is 32.6 Å². The third-order valence-electron chi connectivity index (χ3n) is 6.16. The Morgan fingerprint density at radius 1 is 0.976 bits per heavy atom. The lowest BCUT2D eigenvalue weighted by molar-refractivity contribution is -0.138. The van der Waals surface area contributed by atoms with Crippen LogP contribution < -0.4 is 17.2 Å². The Bertz CT molecular complexity index is 965. The third-order valence-corrected chi connectivity index (χ3v) is 16.4. The zero-order valence-corrected chi connectivity index (χ0v) is 31.3. The molecule has 1 aromatic rings. The molecule has 1 aromatic heterocycles. The Kier molecular flexibility index (Phi) is 21.3. The van der Waals surface area contributed by atoms with Crippen LogP contribution in [0.1, 0.15) is 56.9 Å². The lowest BCUT2D eigenvalue weighted by atomic mass is 10.2. The van der Waals surface area contributed by atoms with Crippen molar-refractivity contribution >= 4 is 91.9 Å². The van der Waals surface area contributed by atoms with Crippen LogP contribution in [0.2, 0.25) is 36.3 Å². The van der Waals surface area contributed by atoms with Crippen molar-refractivity contribution in [2.45, 2.75) is 89.3 Å². The van der Waals surface area contributed by atoms with Gasteiger partial charge in [0.25, 0.3) is 0 Å². The summed E-state index contributed by atoms with van der Waals surface area (Å²) in [7, 11) is -0.965. The molecule has 240 valence electrons. The Labute approximate surface area is 266 Å². The highest BCUT2D eigenvalue weighted by molar-refractivity contribution is 7.80. The molecule has 1 rings (SSSR count). The molecule has 0 fully saturated rings. The summed E-state index contributed by atoms with van der Waals surface area (Å²) in [6.07, 6.45) is 0.820. The summed E-state index contributed by atoms with van der Waals surface area (Å²) in [5.41, 5.74) is 15.2. The lowest BCUT2D eigenvalue weighted by Gasteiger charge is -2.36. The highest BCUT2D eigenvalue weighted by Crippen LogP contribution is 2.38. The highest BCUT2D eigenvalue weighted by Gasteiger charge is 2.38. The fraction of sp³-hybridized carbons (Fsp3) is 0.708. The fourth-order valence-corrected chi connectivity index (χ4v) is 4.61. The number of thiazole rings is 1. The number of hydrogen-bond donors (Lipinski definition) is 3. The van der Waals surface area contributed by atoms with E-state index in [1.54, 1.807) is 0 Å². The van der Waals surface area contributed by atoms with Gasteiger partial charge in [-0.2, -0.15) is 0 Å². The second-order valence-electron chi connectivity index (χ2n) is 11.3. The summed E-state index contributed by atoms with van der Waals surface area (Å²) in [5.74, 6) is -1.09. The Morgan fingerprint density at radius 2 is 1.39 bits per heavy atom. The lowest BCUT2D eigenvalue weighted by Crippen LogP contribution is -2.41. The molecule has 0 atom stereocenters. The number of aldehydes is 1. The molecule has 0 aliphatic carbocycles. The van der Waals surface area contributed by atoms with Crippen LogP contribution in [0.5, 0.6) is 0 Å². The van der Waals surface area contributed by atoms with Crippen molar-refractivity contribution in [2.24, 2.45) is 11.5 Å². The molecule has 0 radical (unpaired) electrons. The first-order valence-electron chi connectivity index (χ1n) is 12.3. The van der Waals surface area contributed by atoms with E-state index in [2.05, 4.69) is 101 Å². The van der Waals surface area contributed by atoms with Gasteiger partial charge in [-0.3, -0.25) is 0 Å². The maximum atomic E-state index is 11.6. The van der Waals surface area contributed by atoms with Gasteiger partial charge in [0.2, 0.25) is 4.84 Å². The van der Waals surface area contributed by atoms with Gasteiger partial charge >= 0.3 is 11.9 Å². The molecule has 0 aliphatic rings. The molecule has 0 saturated carbocycles. The molecule has 0 aliphatic heterocycles. The second kappa shape index (κ2) is 19.8. The van der Waals surface area contributed by atoms with E-state index in [-0.39, 0.29) is 27.5 Å². The number of rotatable bonds is 8. The SMILES string of the molecule is CC(C)(C)[Si](C)(C)OCC=O.COC(=O)C(Cl)Cl.COC(=O)c1nc(N)sc1CO[Si](C)(C)C(C)(C)C.NC(N)=S. The number of methoxy groups -OCH3 is 2. The van der Waals surface area contributed by atoms with Crippen molar-refractivity contribution < 1.29 is 32.7 Å². The number of carbonyl (C=O) groups is 3. The summed E-state index contributed by atoms with van der Waals surface area (Å²) < 4.78 is 20.4. The number of thiocarbonyl (C=S) groups is 1. The molecule has 11 nitrogen and oxygen atoms in total. The maximum Gasteiger partial charge on any atom is 0.358 e. The first-order valence-corrected chi connectivity index (χ1v) is 20.2. The van der Waals surface area contributed by atoms with Crippen LogP contribution >= 0.6 is 46.8 Å². The van der Waals surface area contributed by atoms with E-state index < -0.39 is 33.4 Å². The molecule has 0 saturated heterocycles. The zero-order chi connectivity index (χ0) is 33.4. The van der Waals surface area contributed by atoms with Gasteiger partial charge in [-0.1, -0.05) is 76.1 Å². The van der Waals surface area contributed by atoms with Gasteiger partial charge in [0.05, 0.1) is 32.3 Å². The van der Waals surface area contributed by atoms with E-state index in [0.717, 1.165) is 11.2 Å². The standard InChI is InChI=1S/C12H22N2O3SSi.C8H18O2Si.C3H4Cl2O2.CH4N2S/c1-12(2,3)19(5,6)17-7-8-9(10(15)16-4)14-11(13)18-8;1-8(2,3)11(4,5)10-7-6-9;1-7-3(6)2(4)5;2-1(3)4/h7H2,1-6H3,(H2,13,14);6H,7H2,1-5H3;2H,1H3;(H4,2,3,4). The quantitative estimate of drug-likeness (QED) is 0.104. The van der Waals surface area contributed by atoms with Gasteiger partial charge in [0.1, 0.15) is 6.29 Å². The minimum Gasteiger partial charge on any atom is -0.467 e. The fourth-order valence-electron chi connectivity index (χ4n) is 1.73. The number of nitrogen functional groups attached to an aromatic ring is 1. The van der Waals surface area contributed by atoms with Crippen LogP contribution in [0.25, 0.3) is 0 Å². The third kappa shape index (κ3) is 19.5. The summed E-state index contributed by atoms with van der Waals surface area (Å²) in [4.78, 5) is 35.4. The molecule has 41 heavy (non-hydrogen) atoms. The molecule has 6 N–H and O–H groups in total. The summed E-state index contributed by atoms with van der Waals surface area (Å²) in [6, 6.07) is 0. The van der Waals surface area contributed by atoms with Crippen LogP contribution in [0.3, 0.4) is 0 Å². The van der Waals surface area contributed by atoms with Crippen molar-refractivity contribution in [2.75, 3.05) is 26.6 Å². The molecule has 0 spiro atoms. The van der Waals surface area contributed by atoms with Crippen molar-refractivity contribution in [3.8, 4) is 0 Å². The smallest absolute Gasteiger partial charge is 0.358 e. The minimum absolute atomic E-state index is 0.000000000000000222. The number of carbonyl (C=O) groups excluding carboxylic acids is 3. The van der Waals surface area contributed by atoms with Crippen LogP contribution in [-0.4, -0.2) is 70.6 Å². The molecule has 0 aromatic carbocycles. The molecule has 17 heteroatoms. The number of esters is 2. The van der Waals surface area contributed by atoms with E-state index in [4.69, 9.17) is 42.5 Å². The first kappa shape index (κ1) is 44.1. The summed E-state index contributed by atoms with van der Waals surface area (Å²) >= 11 is 15.4. The van der Waals surface area contributed by atoms with E-state index in [1.165, 1.54) is 25.6 Å². The Hall–Kier alpha value is -1.34. The Balaban J connectivity index is -0.000000553. The average molecular weight is 696 g/mol. The van der Waals surface area contributed by atoms with E-state index >= 15 is 0 Å². The largest absolute Gasteiger partial charge is 0.467 e. The summed E-state index contributed by atoms with van der Waals surface area (Å²) in [5, 5.41) is 0.680. The molecular weight excluding hydrogens is 647 g/mol. The van der Waals surface area contributed by atoms with Crippen LogP contribution in [0, 0.1) is 0 Å². The number of halogens is 2. The number of aromatic nitrogens is 1. The predicted molar refractivity (Wildman–Crippen MR) is 178 cm³/mol. The monoisotopic (exact) mass is 694 g/mol. The topological polar surface area (TPSA) is 179 Å². The molecule has 0 amide bonds. The van der Waals surface area contributed by atoms with E-state index in [9.17, 15) is 14.4 Å². The molecule has 0 unspecified atom stereocenters. The summed E-state index contributed by atoms with van der Waals surface area (Å²) in [6.45, 7) is 22.2. The maximum absolute atomic E-state index is 11.6. The van der Waals surface area contributed by atoms with Crippen LogP contribution in [0.15, 0.2) is 0 Å². The van der Waals surface area contributed by atoms with E-state index in [0.29, 0.717) is 11.7 Å². The predicted octanol–water partition coefficient (Wildman–Crippen LogP) is 5.39. The first-order chi connectivity index (χ1) is 18.3. The van der Waals surface area contributed by atoms with Gasteiger partial charge < -0.3 is 40.3 Å². The normalized spacial score (nSPS) is 11.5. The van der Waals surface area contributed by atoms with Crippen molar-refractivity contribution in [3.05, 3.63) is 10.6 Å². The van der Waals surface area contributed by atoms with Gasteiger partial charge in [-0.05, 0) is 48.5 Å². The molecular formula is C24H48Cl2N4O7S2Si2. The zero-order valence-electron chi connectivity index (χ0n) is 26.2. The number of hydrogen-bond acceptors (Lipinski definition) is 11. The second-order valence-corrected chi connectivity index (χ2v) is 23.6. The number of nitrogens with zero attached hydrogens (tertiary/aromatic N) is 1. The van der Waals surface area contributed by atoms with Crippen LogP contribution in [-0.2, 0) is 34.5 Å². The van der Waals surface area contributed by atoms with Crippen molar-refractivity contribution in [3.63, 3.8) is 0 Å². The van der Waals surface area contributed by atoms with E-state index in [1.807, 2.05) is 0 Å². The number of ether oxygens (including phenoxy) is 2. The van der Waals surface area contributed by atoms with Gasteiger partial charge in [-0.15, -0.1) is 0 Å². The highest BCUT2D eigenvalue weighted by atomic mass is 35.5. The number of anilines is 1. The minimum atomic E-state index is -1.86. The van der Waals surface area contributed by atoms with Crippen molar-refractivity contribution in [1.29, 1.82) is 0 Å². The number of alkyl halides is 2. The number of nitrogens with two attached hydrogens (primary N) is 3. The molecule has 1 heterocycles. The molecule has 0 bridgehead atoms.